The zero-order valence-corrected chi connectivity index (χ0v) is 21.5. The Morgan fingerprint density at radius 2 is 0.929 bits per heavy atom. The zero-order valence-electron chi connectivity index (χ0n) is 21.5. The van der Waals surface area contributed by atoms with Crippen LogP contribution in [0.15, 0.2) is 104 Å². The number of anilines is 1. The summed E-state index contributed by atoms with van der Waals surface area (Å²) in [7, 11) is 0. The Morgan fingerprint density at radius 3 is 1.29 bits per heavy atom. The number of hydrogen-bond donors (Lipinski definition) is 0. The highest BCUT2D eigenvalue weighted by atomic mass is 19.4. The molecule has 10 heteroatoms. The van der Waals surface area contributed by atoms with Gasteiger partial charge in [0.25, 0.3) is 0 Å². The van der Waals surface area contributed by atoms with E-state index in [4.69, 9.17) is 0 Å². The number of hydrogen-bond acceptors (Lipinski definition) is 3. The van der Waals surface area contributed by atoms with Crippen molar-refractivity contribution in [2.75, 3.05) is 11.4 Å². The van der Waals surface area contributed by atoms with Crippen LogP contribution in [0.5, 0.6) is 0 Å². The Hall–Kier alpha value is -4.99. The second-order valence-corrected chi connectivity index (χ2v) is 9.74. The monoisotopic (exact) mass is 575 g/mol. The maximum atomic E-state index is 13.5. The molecule has 0 radical (unpaired) electrons. The lowest BCUT2D eigenvalue weighted by molar-refractivity contribution is -0.138. The van der Waals surface area contributed by atoms with Gasteiger partial charge in [-0.2, -0.15) is 26.3 Å². The van der Waals surface area contributed by atoms with Crippen LogP contribution in [0.3, 0.4) is 0 Å². The fraction of sp³-hybridized carbons (Fsp3) is 0.0938. The molecule has 5 aromatic rings. The number of pyridine rings is 2. The normalized spacial score (nSPS) is 13.4. The first kappa shape index (κ1) is 27.2. The van der Waals surface area contributed by atoms with Gasteiger partial charge in [-0.1, -0.05) is 48.5 Å². The van der Waals surface area contributed by atoms with Gasteiger partial charge in [0.2, 0.25) is 5.91 Å². The Labute approximate surface area is 235 Å². The first-order valence-corrected chi connectivity index (χ1v) is 12.7. The second-order valence-electron chi connectivity index (χ2n) is 9.74. The van der Waals surface area contributed by atoms with E-state index >= 15 is 0 Å². The van der Waals surface area contributed by atoms with Crippen molar-refractivity contribution >= 4 is 11.6 Å². The number of amides is 1. The van der Waals surface area contributed by atoms with Gasteiger partial charge in [0.15, 0.2) is 0 Å². The standard InChI is InChI=1S/C32H19F6N3O/c33-31(34,35)28-16-39-11-9-26(28)21-5-1-19(2-6-21)23-13-24(15-25(14-23)41-18-30(41)42)20-3-7-22(8-4-20)27-10-12-40-17-29(27)32(36,37)38/h1-17H,18H2. The van der Waals surface area contributed by atoms with E-state index in [0.29, 0.717) is 27.9 Å². The Kier molecular flexibility index (Phi) is 6.56. The summed E-state index contributed by atoms with van der Waals surface area (Å²) < 4.78 is 81.1. The largest absolute Gasteiger partial charge is 0.418 e. The van der Waals surface area contributed by atoms with Crippen LogP contribution in [0, 0.1) is 0 Å². The van der Waals surface area contributed by atoms with E-state index in [1.54, 1.807) is 53.4 Å². The molecule has 1 amide bonds. The van der Waals surface area contributed by atoms with E-state index in [1.165, 1.54) is 24.5 Å². The predicted octanol–water partition coefficient (Wildman–Crippen LogP) is 8.53. The van der Waals surface area contributed by atoms with Crippen LogP contribution in [0.1, 0.15) is 11.1 Å². The number of rotatable bonds is 5. The van der Waals surface area contributed by atoms with Gasteiger partial charge >= 0.3 is 12.4 Å². The van der Waals surface area contributed by atoms with Crippen molar-refractivity contribution in [2.45, 2.75) is 12.4 Å². The number of carbonyl (C=O) groups excluding carboxylic acids is 1. The van der Waals surface area contributed by atoms with E-state index in [0.717, 1.165) is 23.5 Å². The second kappa shape index (κ2) is 10.1. The zero-order chi connectivity index (χ0) is 29.6. The number of aromatic nitrogens is 2. The van der Waals surface area contributed by atoms with Gasteiger partial charge in [0, 0.05) is 30.5 Å². The fourth-order valence-electron chi connectivity index (χ4n) is 4.86. The number of halogens is 6. The third kappa shape index (κ3) is 5.35. The number of benzene rings is 3. The van der Waals surface area contributed by atoms with E-state index < -0.39 is 23.5 Å². The van der Waals surface area contributed by atoms with Crippen molar-refractivity contribution in [3.63, 3.8) is 0 Å². The molecule has 1 fully saturated rings. The third-order valence-electron chi connectivity index (χ3n) is 7.03. The molecule has 0 N–H and O–H groups in total. The van der Waals surface area contributed by atoms with Gasteiger partial charge in [0.05, 0.1) is 11.1 Å². The smallest absolute Gasteiger partial charge is 0.301 e. The summed E-state index contributed by atoms with van der Waals surface area (Å²) in [4.78, 5) is 20.7. The molecule has 3 aromatic carbocycles. The SMILES string of the molecule is O=C1CN1c1cc(-c2ccc(-c3ccncc3C(F)(F)F)cc2)cc(-c2ccc(-c3ccncc3C(F)(F)F)cc2)c1. The highest BCUT2D eigenvalue weighted by Crippen LogP contribution is 2.40. The predicted molar refractivity (Wildman–Crippen MR) is 146 cm³/mol. The molecule has 4 nitrogen and oxygen atoms in total. The molecule has 0 atom stereocenters. The molecular formula is C32H19F6N3O. The van der Waals surface area contributed by atoms with Gasteiger partial charge in [-0.3, -0.25) is 14.8 Å². The molecule has 0 unspecified atom stereocenters. The highest BCUT2D eigenvalue weighted by molar-refractivity contribution is 6.12. The maximum Gasteiger partial charge on any atom is 0.418 e. The van der Waals surface area contributed by atoms with Crippen molar-refractivity contribution in [1.82, 2.24) is 9.97 Å². The van der Waals surface area contributed by atoms with Crippen LogP contribution in [-0.2, 0) is 17.1 Å². The Morgan fingerprint density at radius 1 is 0.548 bits per heavy atom. The van der Waals surface area contributed by atoms with Crippen molar-refractivity contribution in [3.8, 4) is 44.5 Å². The van der Waals surface area contributed by atoms with Crippen LogP contribution in [-0.4, -0.2) is 22.4 Å². The molecule has 2 aromatic heterocycles. The van der Waals surface area contributed by atoms with E-state index in [9.17, 15) is 31.1 Å². The minimum Gasteiger partial charge on any atom is -0.301 e. The van der Waals surface area contributed by atoms with E-state index in [1.807, 2.05) is 18.2 Å². The molecule has 0 bridgehead atoms. The lowest BCUT2D eigenvalue weighted by atomic mass is 9.94. The summed E-state index contributed by atoms with van der Waals surface area (Å²) in [5.74, 6) is -0.0569. The molecule has 210 valence electrons. The summed E-state index contributed by atoms with van der Waals surface area (Å²) in [5.41, 5.74) is 2.60. The van der Waals surface area contributed by atoms with E-state index in [2.05, 4.69) is 9.97 Å². The summed E-state index contributed by atoms with van der Waals surface area (Å²) in [6.07, 6.45) is -4.91. The summed E-state index contributed by atoms with van der Waals surface area (Å²) in [5, 5.41) is 0. The first-order chi connectivity index (χ1) is 20.0. The van der Waals surface area contributed by atoms with Gasteiger partial charge < -0.3 is 4.90 Å². The van der Waals surface area contributed by atoms with Crippen LogP contribution >= 0.6 is 0 Å². The average Bonchev–Trinajstić information content (AvgIpc) is 3.73. The van der Waals surface area contributed by atoms with Crippen LogP contribution in [0.4, 0.5) is 32.0 Å². The van der Waals surface area contributed by atoms with Crippen LogP contribution in [0.25, 0.3) is 44.5 Å². The molecule has 42 heavy (non-hydrogen) atoms. The van der Waals surface area contributed by atoms with Crippen LogP contribution < -0.4 is 4.90 Å². The topological polar surface area (TPSA) is 45.9 Å². The molecule has 1 aliphatic heterocycles. The quantitative estimate of drug-likeness (QED) is 0.156. The molecule has 0 aliphatic carbocycles. The Bertz CT molecular complexity index is 1680. The van der Waals surface area contributed by atoms with Crippen molar-refractivity contribution in [1.29, 1.82) is 0 Å². The molecule has 3 heterocycles. The molecular weight excluding hydrogens is 556 g/mol. The lowest BCUT2D eigenvalue weighted by Gasteiger charge is -2.14. The molecule has 0 spiro atoms. The maximum absolute atomic E-state index is 13.5. The summed E-state index contributed by atoms with van der Waals surface area (Å²) >= 11 is 0. The first-order valence-electron chi connectivity index (χ1n) is 12.7. The highest BCUT2D eigenvalue weighted by Gasteiger charge is 2.35. The van der Waals surface area contributed by atoms with Crippen LogP contribution in [0.2, 0.25) is 0 Å². The molecule has 1 saturated heterocycles. The van der Waals surface area contributed by atoms with Crippen molar-refractivity contribution < 1.29 is 31.1 Å². The fourth-order valence-corrected chi connectivity index (χ4v) is 4.86. The number of alkyl halides is 6. The van der Waals surface area contributed by atoms with Gasteiger partial charge in [-0.15, -0.1) is 0 Å². The average molecular weight is 576 g/mol. The number of carbonyl (C=O) groups is 1. The molecule has 1 aliphatic rings. The minimum absolute atomic E-state index is 0.0103. The van der Waals surface area contributed by atoms with Gasteiger partial charge in [0.1, 0.15) is 6.54 Å². The summed E-state index contributed by atoms with van der Waals surface area (Å²) in [6.45, 7) is 0.255. The minimum atomic E-state index is -4.56. The number of nitrogens with zero attached hydrogens (tertiary/aromatic N) is 3. The van der Waals surface area contributed by atoms with E-state index in [-0.39, 0.29) is 23.6 Å². The molecule has 0 saturated carbocycles. The third-order valence-corrected chi connectivity index (χ3v) is 7.03. The van der Waals surface area contributed by atoms with Gasteiger partial charge in [-0.25, -0.2) is 0 Å². The lowest BCUT2D eigenvalue weighted by Crippen LogP contribution is -2.07. The Balaban J connectivity index is 1.37. The summed E-state index contributed by atoms with van der Waals surface area (Å²) in [6, 6.07) is 21.3. The van der Waals surface area contributed by atoms with Gasteiger partial charge in [-0.05, 0) is 74.8 Å². The van der Waals surface area contributed by atoms with Crippen molar-refractivity contribution in [2.24, 2.45) is 0 Å². The molecule has 6 rings (SSSR count). The van der Waals surface area contributed by atoms with Crippen molar-refractivity contribution in [3.05, 3.63) is 115 Å².